The van der Waals surface area contributed by atoms with Crippen LogP contribution in [-0.4, -0.2) is 45.1 Å². The molecule has 1 atom stereocenters. The third-order valence-electron chi connectivity index (χ3n) is 5.85. The molecule has 5 rings (SSSR count). The Morgan fingerprint density at radius 1 is 1.19 bits per heavy atom. The maximum absolute atomic E-state index is 13.9. The first-order chi connectivity index (χ1) is 17.7. The number of hydrogen-bond donors (Lipinski definition) is 2. The molecule has 0 aliphatic heterocycles. The van der Waals surface area contributed by atoms with E-state index in [0.717, 1.165) is 4.57 Å². The topological polar surface area (TPSA) is 146 Å². The maximum atomic E-state index is 13.9. The molecule has 1 unspecified atom stereocenters. The van der Waals surface area contributed by atoms with Crippen LogP contribution in [0.3, 0.4) is 0 Å². The number of aryl methyl sites for hydroxylation is 3. The van der Waals surface area contributed by atoms with Crippen molar-refractivity contribution in [2.45, 2.75) is 33.2 Å². The highest BCUT2D eigenvalue weighted by atomic mass is 19.1. The van der Waals surface area contributed by atoms with Crippen LogP contribution in [0.5, 0.6) is 0 Å². The largest absolute Gasteiger partial charge is 0.372 e. The number of aliphatic hydroxyl groups excluding tert-OH is 1. The van der Waals surface area contributed by atoms with Gasteiger partial charge in [0, 0.05) is 24.9 Å². The molecule has 0 amide bonds. The Morgan fingerprint density at radius 3 is 2.73 bits per heavy atom. The zero-order valence-electron chi connectivity index (χ0n) is 20.2. The number of nitrogens with one attached hydrogen (secondary N) is 1. The van der Waals surface area contributed by atoms with Crippen molar-refractivity contribution in [1.82, 2.24) is 33.8 Å². The lowest BCUT2D eigenvalue weighted by Gasteiger charge is -2.15. The van der Waals surface area contributed by atoms with E-state index in [-0.39, 0.29) is 29.9 Å². The van der Waals surface area contributed by atoms with Gasteiger partial charge in [-0.25, -0.2) is 19.2 Å². The Hall–Kier alpha value is -4.65. The molecule has 0 aromatic carbocycles. The van der Waals surface area contributed by atoms with Gasteiger partial charge < -0.3 is 19.5 Å². The molecule has 0 spiro atoms. The first-order valence-electron chi connectivity index (χ1n) is 11.3. The van der Waals surface area contributed by atoms with Gasteiger partial charge in [0.25, 0.3) is 5.56 Å². The van der Waals surface area contributed by atoms with Gasteiger partial charge in [0.2, 0.25) is 0 Å². The lowest BCUT2D eigenvalue weighted by atomic mass is 10.1. The average Bonchev–Trinajstić information content (AvgIpc) is 3.48. The fraction of sp³-hybridized carbons (Fsp3) is 0.250. The van der Waals surface area contributed by atoms with Crippen molar-refractivity contribution in [1.29, 1.82) is 0 Å². The van der Waals surface area contributed by atoms with Crippen LogP contribution < -0.4 is 16.6 Å². The lowest BCUT2D eigenvalue weighted by Crippen LogP contribution is -2.40. The molecule has 190 valence electrons. The van der Waals surface area contributed by atoms with Crippen LogP contribution in [0.2, 0.25) is 0 Å². The smallest absolute Gasteiger partial charge is 0.332 e. The zero-order chi connectivity index (χ0) is 26.3. The van der Waals surface area contributed by atoms with Gasteiger partial charge in [-0.3, -0.25) is 18.9 Å². The Morgan fingerprint density at radius 2 is 2.00 bits per heavy atom. The molecular formula is C24H23FN8O4. The van der Waals surface area contributed by atoms with Crippen molar-refractivity contribution in [3.8, 4) is 11.3 Å². The maximum Gasteiger partial charge on any atom is 0.332 e. The van der Waals surface area contributed by atoms with Crippen LogP contribution in [0.1, 0.15) is 17.1 Å². The summed E-state index contributed by atoms with van der Waals surface area (Å²) in [5.74, 6) is 0.451. The van der Waals surface area contributed by atoms with E-state index in [1.165, 1.54) is 34.8 Å². The highest BCUT2D eigenvalue weighted by Gasteiger charge is 2.19. The molecular weight excluding hydrogens is 483 g/mol. The number of anilines is 1. The molecule has 5 aromatic rings. The highest BCUT2D eigenvalue weighted by Crippen LogP contribution is 2.20. The number of imidazole rings is 1. The number of hydrogen-bond acceptors (Lipinski definition) is 9. The van der Waals surface area contributed by atoms with Crippen molar-refractivity contribution in [2.24, 2.45) is 7.05 Å². The summed E-state index contributed by atoms with van der Waals surface area (Å²) in [5.41, 5.74) is 0.882. The molecule has 0 radical (unpaired) electrons. The first kappa shape index (κ1) is 24.1. The van der Waals surface area contributed by atoms with Crippen molar-refractivity contribution >= 4 is 17.0 Å². The van der Waals surface area contributed by atoms with E-state index in [1.807, 2.05) is 0 Å². The molecule has 5 heterocycles. The quantitative estimate of drug-likeness (QED) is 0.314. The molecule has 2 N–H and O–H groups in total. The van der Waals surface area contributed by atoms with Crippen molar-refractivity contribution in [2.75, 3.05) is 5.32 Å². The molecule has 37 heavy (non-hydrogen) atoms. The molecule has 5 aromatic heterocycles. The van der Waals surface area contributed by atoms with Crippen LogP contribution in [-0.2, 0) is 20.1 Å². The van der Waals surface area contributed by atoms with Crippen LogP contribution >= 0.6 is 0 Å². The number of nitrogens with zero attached hydrogens (tertiary/aromatic N) is 7. The van der Waals surface area contributed by atoms with Gasteiger partial charge in [-0.15, -0.1) is 0 Å². The molecule has 0 saturated carbocycles. The third-order valence-corrected chi connectivity index (χ3v) is 5.85. The second-order valence-electron chi connectivity index (χ2n) is 8.59. The molecule has 0 fully saturated rings. The van der Waals surface area contributed by atoms with Crippen LogP contribution in [0.25, 0.3) is 22.4 Å². The minimum absolute atomic E-state index is 0.0698. The van der Waals surface area contributed by atoms with Gasteiger partial charge in [0.1, 0.15) is 29.3 Å². The summed E-state index contributed by atoms with van der Waals surface area (Å²) in [6.07, 6.45) is 1.73. The summed E-state index contributed by atoms with van der Waals surface area (Å²) in [6, 6.07) is 8.04. The molecule has 0 aliphatic rings. The van der Waals surface area contributed by atoms with Crippen LogP contribution in [0.15, 0.2) is 57.0 Å². The standard InChI is InChI=1S/C24H23FN8O4/c1-13-7-16(30-37-13)10-33-23(35)21-22(31(3)24(33)36)27-12-32(21)11-20(34)29-19-6-4-5-18(28-19)15-8-17(25)14(2)26-9-15/h4-9,12,20,34H,10-11H2,1-3H3,(H,28,29). The van der Waals surface area contributed by atoms with E-state index in [9.17, 15) is 19.1 Å². The van der Waals surface area contributed by atoms with Crippen LogP contribution in [0.4, 0.5) is 10.2 Å². The summed E-state index contributed by atoms with van der Waals surface area (Å²) >= 11 is 0. The molecule has 12 nitrogen and oxygen atoms in total. The summed E-state index contributed by atoms with van der Waals surface area (Å²) in [4.78, 5) is 38.7. The van der Waals surface area contributed by atoms with Gasteiger partial charge in [-0.05, 0) is 32.0 Å². The predicted molar refractivity (Wildman–Crippen MR) is 131 cm³/mol. The summed E-state index contributed by atoms with van der Waals surface area (Å²) in [7, 11) is 1.51. The predicted octanol–water partition coefficient (Wildman–Crippen LogP) is 1.58. The minimum Gasteiger partial charge on any atom is -0.372 e. The Bertz CT molecular complexity index is 1740. The number of halogens is 1. The van der Waals surface area contributed by atoms with E-state index in [4.69, 9.17) is 4.52 Å². The van der Waals surface area contributed by atoms with Gasteiger partial charge in [0.05, 0.1) is 30.8 Å². The van der Waals surface area contributed by atoms with Crippen molar-refractivity contribution < 1.29 is 14.0 Å². The number of aliphatic hydroxyl groups is 1. The SMILES string of the molecule is Cc1cc(Cn2c(=O)c3c(ncn3CC(O)Nc3cccc(-c4cnc(C)c(F)c4)n3)n(C)c2=O)no1. The van der Waals surface area contributed by atoms with Crippen LogP contribution in [0, 0.1) is 19.7 Å². The Kier molecular flexibility index (Phi) is 6.13. The van der Waals surface area contributed by atoms with E-state index < -0.39 is 23.3 Å². The third kappa shape index (κ3) is 4.63. The van der Waals surface area contributed by atoms with Gasteiger partial charge in [-0.2, -0.15) is 0 Å². The molecule has 0 aliphatic carbocycles. The highest BCUT2D eigenvalue weighted by molar-refractivity contribution is 5.70. The van der Waals surface area contributed by atoms with Crippen molar-refractivity contribution in [3.63, 3.8) is 0 Å². The van der Waals surface area contributed by atoms with Gasteiger partial charge in [0.15, 0.2) is 11.2 Å². The van der Waals surface area contributed by atoms with E-state index in [1.54, 1.807) is 38.1 Å². The van der Waals surface area contributed by atoms with Gasteiger partial charge >= 0.3 is 5.69 Å². The minimum atomic E-state index is -1.17. The Labute approximate surface area is 208 Å². The second kappa shape index (κ2) is 9.43. The zero-order valence-corrected chi connectivity index (χ0v) is 20.2. The monoisotopic (exact) mass is 506 g/mol. The number of fused-ring (bicyclic) bond motifs is 1. The summed E-state index contributed by atoms with van der Waals surface area (Å²) in [5, 5.41) is 17.5. The number of rotatable bonds is 7. The van der Waals surface area contributed by atoms with E-state index >= 15 is 0 Å². The summed E-state index contributed by atoms with van der Waals surface area (Å²) < 4.78 is 22.7. The fourth-order valence-electron chi connectivity index (χ4n) is 3.98. The lowest BCUT2D eigenvalue weighted by molar-refractivity contribution is 0.183. The number of aromatic nitrogens is 7. The fourth-order valence-corrected chi connectivity index (χ4v) is 3.98. The normalized spacial score (nSPS) is 12.2. The van der Waals surface area contributed by atoms with Gasteiger partial charge in [-0.1, -0.05) is 11.2 Å². The molecule has 0 bridgehead atoms. The van der Waals surface area contributed by atoms with Crippen molar-refractivity contribution in [3.05, 3.63) is 86.7 Å². The number of pyridine rings is 2. The van der Waals surface area contributed by atoms with E-state index in [0.29, 0.717) is 28.5 Å². The molecule has 0 saturated heterocycles. The Balaban J connectivity index is 1.41. The average molecular weight is 506 g/mol. The van der Waals surface area contributed by atoms with E-state index in [2.05, 4.69) is 25.4 Å². The molecule has 13 heteroatoms. The summed E-state index contributed by atoms with van der Waals surface area (Å²) in [6.45, 7) is 3.14. The first-order valence-corrected chi connectivity index (χ1v) is 11.3. The second-order valence-corrected chi connectivity index (χ2v) is 8.59.